The van der Waals surface area contributed by atoms with Gasteiger partial charge in [-0.1, -0.05) is 128 Å². The number of imidazole rings is 4. The van der Waals surface area contributed by atoms with E-state index in [2.05, 4.69) is 120 Å². The Morgan fingerprint density at radius 1 is 0.255 bits per heavy atom. The number of benzene rings is 8. The lowest BCUT2D eigenvalue weighted by molar-refractivity contribution is 0.0902. The molecule has 4 unspecified atom stereocenters. The molecule has 0 radical (unpaired) electrons. The zero-order chi connectivity index (χ0) is 94.7. The van der Waals surface area contributed by atoms with Crippen LogP contribution in [0, 0.1) is 23.7 Å². The summed E-state index contributed by atoms with van der Waals surface area (Å²) in [4.78, 5) is 145. The highest BCUT2D eigenvalue weighted by atomic mass is 16.2. The zero-order valence-corrected chi connectivity index (χ0v) is 77.7. The highest BCUT2D eigenvalue weighted by Crippen LogP contribution is 2.33. The van der Waals surface area contributed by atoms with Gasteiger partial charge >= 0.3 is 0 Å². The van der Waals surface area contributed by atoms with Gasteiger partial charge in [0.15, 0.2) is 0 Å². The monoisotopic (exact) mass is 1830 g/mol. The number of hydrogen-bond donors (Lipinski definition) is 12. The summed E-state index contributed by atoms with van der Waals surface area (Å²) < 4.78 is 0. The fourth-order valence-corrected chi connectivity index (χ4v) is 18.8. The molecule has 4 atom stereocenters. The number of amides is 8. The van der Waals surface area contributed by atoms with Crippen molar-refractivity contribution < 1.29 is 38.4 Å². The summed E-state index contributed by atoms with van der Waals surface area (Å²) in [7, 11) is 0. The van der Waals surface area contributed by atoms with Crippen LogP contribution in [0.25, 0.3) is 89.7 Å². The minimum atomic E-state index is -0.202. The van der Waals surface area contributed by atoms with Crippen molar-refractivity contribution in [3.05, 3.63) is 288 Å². The molecule has 0 bridgehead atoms. The molecule has 0 spiro atoms. The van der Waals surface area contributed by atoms with Crippen LogP contribution >= 0.6 is 0 Å². The van der Waals surface area contributed by atoms with E-state index >= 15 is 0 Å². The SMILES string of the molecule is CC1CCC(NC(=O)c2ccc3nc(-c4ccc(C(=O)NC5CCCCCC5)cc4)[nH]c3c2)CC1.CC1CCC(NC(=O)c2ccc3nc(-c4ccc(C(=O)Nc5cccnc5)cc4)[nH]c3c2)CC1.CC1CCCCC1NC(=O)c1ccc2nc(-c3ccc(C(=O)Nc4cccnc4)cc3)[nH]c2c1.CC1CCCCC1NC(=O)c1ccc2nc(-c3ccc(C(=O)Nc4ccncc4)cc3)[nH]c2c1. The molecular formula is C110H117N19O8. The molecule has 137 heavy (non-hydrogen) atoms. The Hall–Kier alpha value is -15.2. The first-order valence-electron chi connectivity index (χ1n) is 48.3. The minimum absolute atomic E-state index is 0.00358. The van der Waals surface area contributed by atoms with Crippen molar-refractivity contribution in [2.75, 3.05) is 16.0 Å². The first kappa shape index (κ1) is 93.6. The fourth-order valence-electron chi connectivity index (χ4n) is 18.8. The maximum Gasteiger partial charge on any atom is 0.255 e. The number of aromatic amines is 4. The van der Waals surface area contributed by atoms with Gasteiger partial charge in [0.2, 0.25) is 0 Å². The van der Waals surface area contributed by atoms with Gasteiger partial charge < -0.3 is 62.5 Å². The van der Waals surface area contributed by atoms with Crippen LogP contribution in [0.1, 0.15) is 252 Å². The molecule has 700 valence electrons. The van der Waals surface area contributed by atoms with Crippen LogP contribution in [-0.2, 0) is 0 Å². The molecule has 5 saturated carbocycles. The lowest BCUT2D eigenvalue weighted by atomic mass is 9.86. The highest BCUT2D eigenvalue weighted by Gasteiger charge is 2.29. The smallest absolute Gasteiger partial charge is 0.255 e. The Labute approximate surface area is 795 Å². The van der Waals surface area contributed by atoms with Gasteiger partial charge in [-0.3, -0.25) is 53.3 Å². The minimum Gasteiger partial charge on any atom is -0.349 e. The maximum absolute atomic E-state index is 12.8. The number of nitrogens with one attached hydrogen (secondary N) is 12. The van der Waals surface area contributed by atoms with Crippen LogP contribution in [0.5, 0.6) is 0 Å². The molecule has 8 amide bonds. The van der Waals surface area contributed by atoms with Crippen LogP contribution in [0.4, 0.5) is 17.1 Å². The van der Waals surface area contributed by atoms with Gasteiger partial charge in [0, 0.05) is 127 Å². The van der Waals surface area contributed by atoms with Crippen LogP contribution in [0.15, 0.2) is 243 Å². The zero-order valence-electron chi connectivity index (χ0n) is 77.7. The fraction of sp³-hybridized carbons (Fsp3) is 0.318. The number of aromatic nitrogens is 11. The average molecular weight is 1830 g/mol. The van der Waals surface area contributed by atoms with Crippen molar-refractivity contribution in [3.8, 4) is 45.6 Å². The van der Waals surface area contributed by atoms with Crippen LogP contribution in [-0.4, -0.2) is 132 Å². The summed E-state index contributed by atoms with van der Waals surface area (Å²) in [6.07, 6.45) is 35.0. The van der Waals surface area contributed by atoms with E-state index in [1.807, 2.05) is 133 Å². The Bertz CT molecular complexity index is 6510. The number of pyridine rings is 3. The van der Waals surface area contributed by atoms with Crippen molar-refractivity contribution >= 4 is 108 Å². The molecule has 7 aromatic heterocycles. The van der Waals surface area contributed by atoms with E-state index in [-0.39, 0.29) is 77.5 Å². The lowest BCUT2D eigenvalue weighted by Gasteiger charge is -2.29. The molecule has 27 heteroatoms. The number of nitrogens with zero attached hydrogens (tertiary/aromatic N) is 7. The van der Waals surface area contributed by atoms with Gasteiger partial charge in [-0.15, -0.1) is 0 Å². The van der Waals surface area contributed by atoms with Gasteiger partial charge in [-0.25, -0.2) is 19.9 Å². The molecule has 8 aromatic carbocycles. The topological polar surface area (TPSA) is 386 Å². The average Bonchev–Trinajstić information content (AvgIpc) is 1.68. The number of rotatable bonds is 20. The van der Waals surface area contributed by atoms with Crippen molar-refractivity contribution in [3.63, 3.8) is 0 Å². The molecule has 0 saturated heterocycles. The largest absolute Gasteiger partial charge is 0.349 e. The predicted octanol–water partition coefficient (Wildman–Crippen LogP) is 21.5. The Kier molecular flexibility index (Phi) is 30.3. The van der Waals surface area contributed by atoms with E-state index in [1.165, 1.54) is 64.2 Å². The number of hydrogen-bond acceptors (Lipinski definition) is 15. The molecule has 12 N–H and O–H groups in total. The van der Waals surface area contributed by atoms with E-state index < -0.39 is 0 Å². The number of fused-ring (bicyclic) bond motifs is 4. The molecular weight excluding hydrogens is 1720 g/mol. The van der Waals surface area contributed by atoms with Crippen molar-refractivity contribution in [2.24, 2.45) is 23.7 Å². The molecule has 20 rings (SSSR count). The van der Waals surface area contributed by atoms with Gasteiger partial charge in [0.25, 0.3) is 47.3 Å². The normalized spacial score (nSPS) is 18.8. The molecule has 7 heterocycles. The van der Waals surface area contributed by atoms with Gasteiger partial charge in [-0.2, -0.15) is 0 Å². The second-order valence-electron chi connectivity index (χ2n) is 37.4. The Balaban J connectivity index is 0.000000127. The summed E-state index contributed by atoms with van der Waals surface area (Å²) in [6.45, 7) is 8.97. The molecule has 5 aliphatic rings. The highest BCUT2D eigenvalue weighted by molar-refractivity contribution is 6.07. The molecule has 15 aromatic rings. The predicted molar refractivity (Wildman–Crippen MR) is 537 cm³/mol. The quantitative estimate of drug-likeness (QED) is 0.0316. The molecule has 5 aliphatic carbocycles. The summed E-state index contributed by atoms with van der Waals surface area (Å²) >= 11 is 0. The maximum atomic E-state index is 12.8. The van der Waals surface area contributed by atoms with Gasteiger partial charge in [0.1, 0.15) is 23.3 Å². The lowest BCUT2D eigenvalue weighted by Crippen LogP contribution is -2.41. The Morgan fingerprint density at radius 3 is 0.847 bits per heavy atom. The van der Waals surface area contributed by atoms with Gasteiger partial charge in [-0.05, 0) is 271 Å². The summed E-state index contributed by atoms with van der Waals surface area (Å²) in [5.41, 5.74) is 16.7. The van der Waals surface area contributed by atoms with Crippen LogP contribution in [0.2, 0.25) is 0 Å². The third kappa shape index (κ3) is 24.5. The first-order valence-corrected chi connectivity index (χ1v) is 48.3. The number of carbonyl (C=O) groups excluding carboxylic acids is 8. The van der Waals surface area contributed by atoms with Crippen molar-refractivity contribution in [1.82, 2.24) is 81.4 Å². The molecule has 5 fully saturated rings. The van der Waals surface area contributed by atoms with E-state index in [9.17, 15) is 38.4 Å². The van der Waals surface area contributed by atoms with Crippen LogP contribution in [0.3, 0.4) is 0 Å². The second-order valence-corrected chi connectivity index (χ2v) is 37.4. The van der Waals surface area contributed by atoms with Crippen LogP contribution < -0.4 is 42.5 Å². The van der Waals surface area contributed by atoms with E-state index in [4.69, 9.17) is 4.98 Å². The molecule has 27 nitrogen and oxygen atoms in total. The second kappa shape index (κ2) is 44.3. The summed E-state index contributed by atoms with van der Waals surface area (Å²) in [5.74, 6) is 4.58. The van der Waals surface area contributed by atoms with E-state index in [0.29, 0.717) is 90.9 Å². The third-order valence-corrected chi connectivity index (χ3v) is 27.2. The standard InChI is InChI=1S/C29H36N4O2.3C27H27N5O2/c1-19-8-15-24(16-9-19)31-29(35)22-14-17-25-26(18-22)33-27(32-25)20-10-12-21(13-11-20)28(34)30-23-6-4-2-3-5-7-23;1-17-4-11-21(12-5-17)29-27(34)20-10-13-23-24(15-20)32-25(31-23)18-6-8-19(9-7-18)26(33)30-22-3-2-14-28-16-22;1-17-5-2-3-7-22(17)32-27(34)20-12-13-23-24(15-20)31-25(30-23)18-8-10-19(11-9-18)26(33)29-21-6-4-14-28-16-21;1-17-4-2-3-5-22(17)32-27(34)20-10-11-23-24(16-20)31-25(30-23)18-6-8-19(9-7-18)26(33)29-21-12-14-28-15-13-21/h10-14,17-19,23-24H,2-9,15-16H2,1H3,(H,30,34)(H,31,35)(H,32,33);2-3,6-10,13-17,21H,4-5,11-12H2,1H3,(H,29,34)(H,30,33)(H,31,32);4,6,8-17,22H,2-3,5,7H2,1H3,(H,29,33)(H,30,31)(H,32,34);6-17,22H,2-5H2,1H3,(H,30,31)(H,32,34)(H,28,29,33). The summed E-state index contributed by atoms with van der Waals surface area (Å²) in [6, 6.07) is 63.4. The van der Waals surface area contributed by atoms with Crippen molar-refractivity contribution in [2.45, 2.75) is 199 Å². The Morgan fingerprint density at radius 2 is 0.533 bits per heavy atom. The van der Waals surface area contributed by atoms with Crippen molar-refractivity contribution in [1.29, 1.82) is 0 Å². The number of anilines is 3. The van der Waals surface area contributed by atoms with E-state index in [1.54, 1.807) is 110 Å². The number of H-pyrrole nitrogens is 4. The van der Waals surface area contributed by atoms with E-state index in [0.717, 1.165) is 161 Å². The number of carbonyl (C=O) groups is 8. The molecule has 0 aliphatic heterocycles. The third-order valence-electron chi connectivity index (χ3n) is 27.2. The summed E-state index contributed by atoms with van der Waals surface area (Å²) in [5, 5.41) is 24.5. The van der Waals surface area contributed by atoms with Gasteiger partial charge in [0.05, 0.1) is 67.9 Å². The first-order chi connectivity index (χ1) is 66.7.